The zero-order chi connectivity index (χ0) is 13.3. The minimum Gasteiger partial charge on any atom is -0.368 e. The van der Waals surface area contributed by atoms with Crippen LogP contribution in [0.4, 0.5) is 0 Å². The van der Waals surface area contributed by atoms with Gasteiger partial charge in [0.25, 0.3) is 0 Å². The molecule has 2 atom stereocenters. The summed E-state index contributed by atoms with van der Waals surface area (Å²) >= 11 is 1.72. The number of carbonyl (C=O) groups excluding carboxylic acids is 2. The topological polar surface area (TPSA) is 63.4 Å². The van der Waals surface area contributed by atoms with E-state index in [-0.39, 0.29) is 11.8 Å². The maximum Gasteiger partial charge on any atom is 0.240 e. The van der Waals surface area contributed by atoms with Gasteiger partial charge in [0.2, 0.25) is 11.8 Å². The molecule has 2 unspecified atom stereocenters. The molecular weight excluding hydrogens is 248 g/mol. The van der Waals surface area contributed by atoms with Crippen LogP contribution in [0, 0.1) is 6.92 Å². The lowest BCUT2D eigenvalue weighted by atomic mass is 10.1. The van der Waals surface area contributed by atoms with Crippen LogP contribution in [0.15, 0.2) is 12.1 Å². The fourth-order valence-electron chi connectivity index (χ4n) is 2.47. The normalized spacial score (nSPS) is 21.3. The van der Waals surface area contributed by atoms with Gasteiger partial charge in [-0.25, -0.2) is 0 Å². The molecule has 0 saturated carbocycles. The average Bonchev–Trinajstić information content (AvgIpc) is 2.87. The molecule has 1 aliphatic heterocycles. The molecule has 1 aliphatic rings. The van der Waals surface area contributed by atoms with Crippen LogP contribution in [-0.2, 0) is 9.59 Å². The van der Waals surface area contributed by atoms with Gasteiger partial charge in [-0.3, -0.25) is 9.59 Å². The number of nitrogens with zero attached hydrogens (tertiary/aromatic N) is 1. The van der Waals surface area contributed by atoms with Gasteiger partial charge in [0.15, 0.2) is 0 Å². The molecule has 18 heavy (non-hydrogen) atoms. The molecule has 0 aromatic carbocycles. The van der Waals surface area contributed by atoms with Gasteiger partial charge in [-0.1, -0.05) is 6.92 Å². The number of hydrogen-bond donors (Lipinski definition) is 1. The molecule has 0 spiro atoms. The highest BCUT2D eigenvalue weighted by molar-refractivity contribution is 7.12. The lowest BCUT2D eigenvalue weighted by molar-refractivity contribution is -0.136. The second-order valence-corrected chi connectivity index (χ2v) is 6.04. The summed E-state index contributed by atoms with van der Waals surface area (Å²) in [5.74, 6) is -0.157. The number of carbonyl (C=O) groups is 2. The Balaban J connectivity index is 2.13. The summed E-state index contributed by atoms with van der Waals surface area (Å²) < 4.78 is 0. The molecule has 0 bridgehead atoms. The van der Waals surface area contributed by atoms with Gasteiger partial charge < -0.3 is 10.6 Å². The molecule has 0 aliphatic carbocycles. The molecular formula is C13H18N2O2S. The van der Waals surface area contributed by atoms with E-state index in [0.717, 1.165) is 0 Å². The Labute approximate surface area is 111 Å². The van der Waals surface area contributed by atoms with E-state index in [1.165, 1.54) is 9.75 Å². The molecule has 2 amide bonds. The van der Waals surface area contributed by atoms with Gasteiger partial charge in [0.05, 0.1) is 0 Å². The predicted octanol–water partition coefficient (Wildman–Crippen LogP) is 1.64. The van der Waals surface area contributed by atoms with Crippen molar-refractivity contribution < 1.29 is 9.59 Å². The third kappa shape index (κ3) is 2.41. The minimum absolute atomic E-state index is 0.0386. The Kier molecular flexibility index (Phi) is 3.71. The molecule has 0 radical (unpaired) electrons. The fraction of sp³-hybridized carbons (Fsp3) is 0.538. The number of amides is 2. The van der Waals surface area contributed by atoms with Crippen LogP contribution in [0.3, 0.4) is 0 Å². The van der Waals surface area contributed by atoms with E-state index in [9.17, 15) is 9.59 Å². The maximum absolute atomic E-state index is 12.0. The Hall–Kier alpha value is -1.36. The van der Waals surface area contributed by atoms with Crippen molar-refractivity contribution in [3.63, 3.8) is 0 Å². The predicted molar refractivity (Wildman–Crippen MR) is 71.4 cm³/mol. The summed E-state index contributed by atoms with van der Waals surface area (Å²) in [5, 5.41) is 0. The highest BCUT2D eigenvalue weighted by Crippen LogP contribution is 2.33. The Morgan fingerprint density at radius 2 is 2.33 bits per heavy atom. The van der Waals surface area contributed by atoms with E-state index in [4.69, 9.17) is 5.73 Å². The molecule has 1 saturated heterocycles. The van der Waals surface area contributed by atoms with E-state index in [1.807, 2.05) is 6.92 Å². The summed E-state index contributed by atoms with van der Waals surface area (Å²) in [7, 11) is 0. The summed E-state index contributed by atoms with van der Waals surface area (Å²) in [6.07, 6.45) is 1.07. The molecule has 4 nitrogen and oxygen atoms in total. The molecule has 98 valence electrons. The molecule has 2 heterocycles. The van der Waals surface area contributed by atoms with E-state index in [2.05, 4.69) is 19.1 Å². The molecule has 2 N–H and O–H groups in total. The maximum atomic E-state index is 12.0. The second kappa shape index (κ2) is 5.10. The molecule has 5 heteroatoms. The van der Waals surface area contributed by atoms with Gasteiger partial charge in [0, 0.05) is 28.6 Å². The first-order valence-corrected chi connectivity index (χ1v) is 6.99. The number of thiophene rings is 1. The summed E-state index contributed by atoms with van der Waals surface area (Å²) in [6.45, 7) is 4.55. The first kappa shape index (κ1) is 13.1. The lowest BCUT2D eigenvalue weighted by Crippen LogP contribution is -2.45. The number of aryl methyl sites for hydroxylation is 1. The van der Waals surface area contributed by atoms with Crippen molar-refractivity contribution in [1.29, 1.82) is 0 Å². The van der Waals surface area contributed by atoms with Gasteiger partial charge >= 0.3 is 0 Å². The van der Waals surface area contributed by atoms with Crippen LogP contribution in [0.2, 0.25) is 0 Å². The molecule has 1 aromatic rings. The average molecular weight is 266 g/mol. The number of hydrogen-bond acceptors (Lipinski definition) is 3. The van der Waals surface area contributed by atoms with Gasteiger partial charge in [-0.2, -0.15) is 0 Å². The Bertz CT molecular complexity index is 469. The van der Waals surface area contributed by atoms with Crippen molar-refractivity contribution in [3.05, 3.63) is 21.9 Å². The van der Waals surface area contributed by atoms with Crippen LogP contribution in [0.5, 0.6) is 0 Å². The van der Waals surface area contributed by atoms with Crippen LogP contribution in [-0.4, -0.2) is 29.3 Å². The largest absolute Gasteiger partial charge is 0.368 e. The number of likely N-dealkylation sites (tertiary alicyclic amines) is 1. The van der Waals surface area contributed by atoms with Crippen molar-refractivity contribution >= 4 is 23.2 Å². The van der Waals surface area contributed by atoms with Gasteiger partial charge in [-0.15, -0.1) is 11.3 Å². The van der Waals surface area contributed by atoms with Crippen LogP contribution in [0.25, 0.3) is 0 Å². The van der Waals surface area contributed by atoms with E-state index >= 15 is 0 Å². The third-order valence-electron chi connectivity index (χ3n) is 3.41. The SMILES string of the molecule is CCC(C(N)=O)N1CC(c2ccc(C)s2)CC1=O. The number of primary amides is 1. The van der Waals surface area contributed by atoms with E-state index < -0.39 is 11.9 Å². The highest BCUT2D eigenvalue weighted by atomic mass is 32.1. The molecule has 2 rings (SSSR count). The highest BCUT2D eigenvalue weighted by Gasteiger charge is 2.36. The van der Waals surface area contributed by atoms with E-state index in [0.29, 0.717) is 19.4 Å². The van der Waals surface area contributed by atoms with Crippen LogP contribution >= 0.6 is 11.3 Å². The zero-order valence-corrected chi connectivity index (χ0v) is 11.5. The third-order valence-corrected chi connectivity index (χ3v) is 4.58. The first-order valence-electron chi connectivity index (χ1n) is 6.18. The van der Waals surface area contributed by atoms with Crippen molar-refractivity contribution in [2.75, 3.05) is 6.54 Å². The van der Waals surface area contributed by atoms with Crippen molar-refractivity contribution in [3.8, 4) is 0 Å². The fourth-order valence-corrected chi connectivity index (χ4v) is 3.44. The number of rotatable bonds is 4. The van der Waals surface area contributed by atoms with Crippen LogP contribution in [0.1, 0.15) is 35.4 Å². The van der Waals surface area contributed by atoms with Crippen molar-refractivity contribution in [2.45, 2.75) is 38.6 Å². The van der Waals surface area contributed by atoms with Gasteiger partial charge in [0.1, 0.15) is 6.04 Å². The zero-order valence-electron chi connectivity index (χ0n) is 10.7. The Morgan fingerprint density at radius 1 is 1.61 bits per heavy atom. The Morgan fingerprint density at radius 3 is 2.83 bits per heavy atom. The van der Waals surface area contributed by atoms with Crippen molar-refractivity contribution in [2.24, 2.45) is 5.73 Å². The second-order valence-electron chi connectivity index (χ2n) is 4.72. The van der Waals surface area contributed by atoms with Crippen LogP contribution < -0.4 is 5.73 Å². The minimum atomic E-state index is -0.455. The smallest absolute Gasteiger partial charge is 0.240 e. The van der Waals surface area contributed by atoms with E-state index in [1.54, 1.807) is 16.2 Å². The molecule has 1 aromatic heterocycles. The summed E-state index contributed by atoms with van der Waals surface area (Å²) in [5.41, 5.74) is 5.35. The summed E-state index contributed by atoms with van der Waals surface area (Å²) in [6, 6.07) is 3.69. The lowest BCUT2D eigenvalue weighted by Gasteiger charge is -2.24. The molecule has 1 fully saturated rings. The quantitative estimate of drug-likeness (QED) is 0.900. The number of nitrogens with two attached hydrogens (primary N) is 1. The monoisotopic (exact) mass is 266 g/mol. The van der Waals surface area contributed by atoms with Gasteiger partial charge in [-0.05, 0) is 25.5 Å². The first-order chi connectivity index (χ1) is 8.52. The summed E-state index contributed by atoms with van der Waals surface area (Å²) in [4.78, 5) is 27.4. The van der Waals surface area contributed by atoms with Crippen molar-refractivity contribution in [1.82, 2.24) is 4.90 Å². The standard InChI is InChI=1S/C13H18N2O2S/c1-3-10(13(14)17)15-7-9(6-12(15)16)11-5-4-8(2)18-11/h4-5,9-10H,3,6-7H2,1-2H3,(H2,14,17).